The Morgan fingerprint density at radius 2 is 1.08 bits per heavy atom. The monoisotopic (exact) mass is 728 g/mol. The van der Waals surface area contributed by atoms with Crippen LogP contribution in [0.2, 0.25) is 0 Å². The molecular formula is C39H69O10P. The first-order valence-corrected chi connectivity index (χ1v) is 20.6. The number of phosphoric acid groups is 1. The topological polar surface area (TPSA) is 160 Å². The fourth-order valence-corrected chi connectivity index (χ4v) is 5.47. The minimum Gasteiger partial charge on any atom is -0.462 e. The maximum atomic E-state index is 12.4. The zero-order chi connectivity index (χ0) is 37.1. The highest BCUT2D eigenvalue weighted by Crippen LogP contribution is 2.36. The number of aliphatic hydroxyl groups excluding tert-OH is 2. The summed E-state index contributed by atoms with van der Waals surface area (Å²) in [7, 11) is -4.82. The number of allylic oxidation sites excluding steroid dienone is 7. The average Bonchev–Trinajstić information content (AvgIpc) is 3.07. The number of esters is 2. The van der Waals surface area contributed by atoms with Crippen LogP contribution in [0.4, 0.5) is 0 Å². The highest BCUT2D eigenvalue weighted by molar-refractivity contribution is 7.46. The lowest BCUT2D eigenvalue weighted by atomic mass is 10.0. The van der Waals surface area contributed by atoms with E-state index in [1.54, 1.807) is 0 Å². The molecule has 0 radical (unpaired) electrons. The Morgan fingerprint density at radius 3 is 1.60 bits per heavy atom. The van der Waals surface area contributed by atoms with Crippen LogP contribution in [0.3, 0.4) is 0 Å². The van der Waals surface area contributed by atoms with Gasteiger partial charge in [0.2, 0.25) is 0 Å². The standard InChI is InChI=1S/C39H69O10P/c1-3-5-7-9-11-13-15-17-19-21-23-25-27-31-39(43)49-35(34-48-50(44,45)46)33-47-38(42)32-28-30-37(41)36(40)29-26-24-22-20-18-16-14-12-10-8-6-4-2/h6,8,12,14,18,20,24,26,35-37,40-41H,3-5,7,9-11,13,15-17,19,21-23,25,27-34H2,1-2H3,(H2,44,45,46)/b8-6-,14-12-,20-18-,26-24-/t35-,36+,37+/m1/s1. The molecule has 0 aromatic carbocycles. The van der Waals surface area contributed by atoms with Crippen LogP contribution in [-0.4, -0.2) is 63.5 Å². The first kappa shape index (κ1) is 47.9. The van der Waals surface area contributed by atoms with Gasteiger partial charge in [0.15, 0.2) is 6.10 Å². The Hall–Kier alpha value is -2.07. The van der Waals surface area contributed by atoms with Crippen LogP contribution in [0.15, 0.2) is 48.6 Å². The lowest BCUT2D eigenvalue weighted by Crippen LogP contribution is -2.29. The summed E-state index contributed by atoms with van der Waals surface area (Å²) >= 11 is 0. The Kier molecular flexibility index (Phi) is 32.6. The Balaban J connectivity index is 4.22. The molecule has 0 saturated heterocycles. The zero-order valence-corrected chi connectivity index (χ0v) is 31.9. The van der Waals surface area contributed by atoms with Gasteiger partial charge in [0.1, 0.15) is 6.61 Å². The van der Waals surface area contributed by atoms with E-state index in [-0.39, 0.29) is 32.1 Å². The predicted molar refractivity (Wildman–Crippen MR) is 200 cm³/mol. The summed E-state index contributed by atoms with van der Waals surface area (Å²) in [5.74, 6) is -1.17. The second kappa shape index (κ2) is 34.0. The largest absolute Gasteiger partial charge is 0.469 e. The van der Waals surface area contributed by atoms with Gasteiger partial charge in [-0.2, -0.15) is 0 Å². The van der Waals surface area contributed by atoms with E-state index in [4.69, 9.17) is 19.3 Å². The van der Waals surface area contributed by atoms with E-state index >= 15 is 0 Å². The first-order chi connectivity index (χ1) is 24.1. The molecule has 10 nitrogen and oxygen atoms in total. The maximum Gasteiger partial charge on any atom is 0.469 e. The van der Waals surface area contributed by atoms with Crippen LogP contribution in [0, 0.1) is 0 Å². The number of hydrogen-bond acceptors (Lipinski definition) is 8. The van der Waals surface area contributed by atoms with Crippen molar-refractivity contribution in [1.82, 2.24) is 0 Å². The van der Waals surface area contributed by atoms with Crippen LogP contribution < -0.4 is 0 Å². The lowest BCUT2D eigenvalue weighted by molar-refractivity contribution is -0.161. The van der Waals surface area contributed by atoms with Gasteiger partial charge in [-0.05, 0) is 51.4 Å². The Bertz CT molecular complexity index is 987. The summed E-state index contributed by atoms with van der Waals surface area (Å²) in [4.78, 5) is 42.7. The molecule has 0 amide bonds. The molecule has 0 fully saturated rings. The van der Waals surface area contributed by atoms with Crippen molar-refractivity contribution < 1.29 is 48.2 Å². The Morgan fingerprint density at radius 1 is 0.600 bits per heavy atom. The number of rotatable bonds is 34. The van der Waals surface area contributed by atoms with Gasteiger partial charge >= 0.3 is 19.8 Å². The summed E-state index contributed by atoms with van der Waals surface area (Å²) in [6.45, 7) is 3.30. The summed E-state index contributed by atoms with van der Waals surface area (Å²) in [5.41, 5.74) is 0. The van der Waals surface area contributed by atoms with E-state index in [1.807, 2.05) is 18.2 Å². The molecule has 0 spiro atoms. The van der Waals surface area contributed by atoms with Crippen molar-refractivity contribution in [3.63, 3.8) is 0 Å². The number of carbonyl (C=O) groups excluding carboxylic acids is 2. The molecule has 0 bridgehead atoms. The molecule has 290 valence electrons. The third-order valence-electron chi connectivity index (χ3n) is 8.06. The van der Waals surface area contributed by atoms with Gasteiger partial charge in [-0.25, -0.2) is 4.57 Å². The molecule has 0 aliphatic rings. The average molecular weight is 729 g/mol. The van der Waals surface area contributed by atoms with E-state index in [1.165, 1.54) is 57.8 Å². The van der Waals surface area contributed by atoms with Crippen LogP contribution in [0.5, 0.6) is 0 Å². The number of aliphatic hydroxyl groups is 2. The second-order valence-electron chi connectivity index (χ2n) is 12.8. The van der Waals surface area contributed by atoms with Crippen LogP contribution in [0.25, 0.3) is 0 Å². The van der Waals surface area contributed by atoms with Gasteiger partial charge in [0, 0.05) is 12.8 Å². The van der Waals surface area contributed by atoms with Crippen LogP contribution in [0.1, 0.15) is 155 Å². The summed E-state index contributed by atoms with van der Waals surface area (Å²) < 4.78 is 26.1. The van der Waals surface area contributed by atoms with Gasteiger partial charge in [-0.1, -0.05) is 140 Å². The summed E-state index contributed by atoms with van der Waals surface area (Å²) in [5, 5.41) is 20.5. The molecule has 4 N–H and O–H groups in total. The van der Waals surface area contributed by atoms with Crippen molar-refractivity contribution in [1.29, 1.82) is 0 Å². The highest BCUT2D eigenvalue weighted by Gasteiger charge is 2.23. The predicted octanol–water partition coefficient (Wildman–Crippen LogP) is 9.12. The molecule has 0 heterocycles. The number of ether oxygens (including phenoxy) is 2. The number of unbranched alkanes of at least 4 members (excludes halogenated alkanes) is 12. The molecule has 0 unspecified atom stereocenters. The van der Waals surface area contributed by atoms with Crippen LogP contribution >= 0.6 is 7.82 Å². The van der Waals surface area contributed by atoms with E-state index in [2.05, 4.69) is 48.8 Å². The number of carbonyl (C=O) groups is 2. The smallest absolute Gasteiger partial charge is 0.462 e. The van der Waals surface area contributed by atoms with Gasteiger partial charge in [-0.3, -0.25) is 14.1 Å². The molecule has 0 aliphatic carbocycles. The van der Waals surface area contributed by atoms with E-state index in [0.717, 1.165) is 44.9 Å². The molecule has 0 aromatic rings. The number of phosphoric ester groups is 1. The van der Waals surface area contributed by atoms with Crippen molar-refractivity contribution in [2.24, 2.45) is 0 Å². The van der Waals surface area contributed by atoms with E-state index in [9.17, 15) is 24.4 Å². The minimum absolute atomic E-state index is 0.0489. The molecule has 3 atom stereocenters. The van der Waals surface area contributed by atoms with Crippen molar-refractivity contribution in [2.45, 2.75) is 173 Å². The van der Waals surface area contributed by atoms with Gasteiger partial charge in [0.25, 0.3) is 0 Å². The summed E-state index contributed by atoms with van der Waals surface area (Å²) in [6, 6.07) is 0. The van der Waals surface area contributed by atoms with Gasteiger partial charge in [0.05, 0.1) is 18.8 Å². The molecule has 0 aromatic heterocycles. The van der Waals surface area contributed by atoms with Gasteiger partial charge in [-0.15, -0.1) is 0 Å². The maximum absolute atomic E-state index is 12.4. The first-order valence-electron chi connectivity index (χ1n) is 19.1. The normalized spacial score (nSPS) is 14.3. The second-order valence-corrected chi connectivity index (χ2v) is 14.1. The molecule has 11 heteroatoms. The molecular weight excluding hydrogens is 659 g/mol. The fourth-order valence-electron chi connectivity index (χ4n) is 5.11. The van der Waals surface area contributed by atoms with Crippen molar-refractivity contribution in [3.05, 3.63) is 48.6 Å². The highest BCUT2D eigenvalue weighted by atomic mass is 31.2. The third kappa shape index (κ3) is 34.4. The van der Waals surface area contributed by atoms with Crippen molar-refractivity contribution in [3.8, 4) is 0 Å². The Labute approximate surface area is 302 Å². The third-order valence-corrected chi connectivity index (χ3v) is 8.55. The molecule has 0 rings (SSSR count). The zero-order valence-electron chi connectivity index (χ0n) is 31.0. The van der Waals surface area contributed by atoms with Crippen molar-refractivity contribution >= 4 is 19.8 Å². The van der Waals surface area contributed by atoms with E-state index in [0.29, 0.717) is 6.42 Å². The lowest BCUT2D eigenvalue weighted by Gasteiger charge is -2.19. The van der Waals surface area contributed by atoms with Crippen LogP contribution in [-0.2, 0) is 28.2 Å². The van der Waals surface area contributed by atoms with Crippen molar-refractivity contribution in [2.75, 3.05) is 13.2 Å². The molecule has 0 aliphatic heterocycles. The molecule has 50 heavy (non-hydrogen) atoms. The SMILES string of the molecule is CC/C=C\C/C=C\C/C=C\C/C=C\C[C@H](O)[C@@H](O)CCCC(=O)OC[C@H](COP(=O)(O)O)OC(=O)CCCCCCCCCCCCCCC. The molecule has 0 saturated carbocycles. The summed E-state index contributed by atoms with van der Waals surface area (Å²) in [6.07, 6.45) is 33.0. The fraction of sp³-hybridized carbons (Fsp3) is 0.744. The number of hydrogen-bond donors (Lipinski definition) is 4. The quantitative estimate of drug-likeness (QED) is 0.0218. The van der Waals surface area contributed by atoms with Gasteiger partial charge < -0.3 is 29.5 Å². The minimum atomic E-state index is -4.82. The van der Waals surface area contributed by atoms with E-state index < -0.39 is 51.3 Å².